The Kier molecular flexibility index (Phi) is 4.17. The Morgan fingerprint density at radius 1 is 1.12 bits per heavy atom. The summed E-state index contributed by atoms with van der Waals surface area (Å²) in [5.74, 6) is 0.0913. The molecule has 1 aromatic carbocycles. The molecule has 24 heavy (non-hydrogen) atoms. The highest BCUT2D eigenvalue weighted by Crippen LogP contribution is 2.32. The summed E-state index contributed by atoms with van der Waals surface area (Å²) in [6, 6.07) is 10.2. The predicted molar refractivity (Wildman–Crippen MR) is 91.9 cm³/mol. The SMILES string of the molecule is O=C(/C=C1\CCCc2c1cnn2-c1ccccc1)N1CCOCC1. The minimum Gasteiger partial charge on any atom is -0.378 e. The van der Waals surface area contributed by atoms with Gasteiger partial charge >= 0.3 is 0 Å². The number of fused-ring (bicyclic) bond motifs is 1. The van der Waals surface area contributed by atoms with Crippen molar-refractivity contribution in [3.8, 4) is 5.69 Å². The maximum atomic E-state index is 12.5. The van der Waals surface area contributed by atoms with Gasteiger partial charge in [-0.15, -0.1) is 0 Å². The number of hydrogen-bond acceptors (Lipinski definition) is 3. The molecular formula is C19H21N3O2. The maximum absolute atomic E-state index is 12.5. The number of amides is 1. The predicted octanol–water partition coefficient (Wildman–Crippen LogP) is 2.45. The van der Waals surface area contributed by atoms with Gasteiger partial charge in [0.2, 0.25) is 5.91 Å². The highest BCUT2D eigenvalue weighted by atomic mass is 16.5. The quantitative estimate of drug-likeness (QED) is 0.798. The summed E-state index contributed by atoms with van der Waals surface area (Å²) in [5.41, 5.74) is 4.50. The zero-order valence-electron chi connectivity index (χ0n) is 13.6. The molecule has 0 bridgehead atoms. The number of morpholine rings is 1. The average molecular weight is 323 g/mol. The van der Waals surface area contributed by atoms with Gasteiger partial charge in [-0.25, -0.2) is 4.68 Å². The second-order valence-electron chi connectivity index (χ2n) is 6.21. The number of para-hydroxylation sites is 1. The van der Waals surface area contributed by atoms with E-state index in [1.165, 1.54) is 5.69 Å². The second-order valence-corrected chi connectivity index (χ2v) is 6.21. The van der Waals surface area contributed by atoms with Crippen molar-refractivity contribution in [1.29, 1.82) is 0 Å². The van der Waals surface area contributed by atoms with E-state index < -0.39 is 0 Å². The van der Waals surface area contributed by atoms with Crippen LogP contribution in [0.2, 0.25) is 0 Å². The van der Waals surface area contributed by atoms with Crippen molar-refractivity contribution >= 4 is 11.5 Å². The normalized spacial score (nSPS) is 19.3. The summed E-state index contributed by atoms with van der Waals surface area (Å²) in [5, 5.41) is 4.57. The maximum Gasteiger partial charge on any atom is 0.247 e. The number of benzene rings is 1. The Balaban J connectivity index is 1.63. The highest BCUT2D eigenvalue weighted by Gasteiger charge is 2.22. The van der Waals surface area contributed by atoms with Crippen LogP contribution in [0.3, 0.4) is 0 Å². The summed E-state index contributed by atoms with van der Waals surface area (Å²) in [6.07, 6.45) is 6.69. The second kappa shape index (κ2) is 6.61. The molecule has 1 aliphatic carbocycles. The Morgan fingerprint density at radius 2 is 1.92 bits per heavy atom. The zero-order valence-corrected chi connectivity index (χ0v) is 13.6. The van der Waals surface area contributed by atoms with Gasteiger partial charge in [-0.3, -0.25) is 4.79 Å². The molecule has 0 spiro atoms. The third kappa shape index (κ3) is 2.87. The fourth-order valence-electron chi connectivity index (χ4n) is 3.43. The van der Waals surface area contributed by atoms with Gasteiger partial charge in [-0.05, 0) is 37.0 Å². The van der Waals surface area contributed by atoms with Gasteiger partial charge in [0.15, 0.2) is 0 Å². The van der Waals surface area contributed by atoms with Crippen molar-refractivity contribution in [3.05, 3.63) is 53.9 Å². The monoisotopic (exact) mass is 323 g/mol. The largest absolute Gasteiger partial charge is 0.378 e. The summed E-state index contributed by atoms with van der Waals surface area (Å²) in [7, 11) is 0. The number of carbonyl (C=O) groups is 1. The first-order valence-electron chi connectivity index (χ1n) is 8.53. The van der Waals surface area contributed by atoms with Crippen molar-refractivity contribution in [3.63, 3.8) is 0 Å². The molecular weight excluding hydrogens is 302 g/mol. The van der Waals surface area contributed by atoms with E-state index in [-0.39, 0.29) is 5.91 Å². The third-order valence-corrected chi connectivity index (χ3v) is 4.70. The number of hydrogen-bond donors (Lipinski definition) is 0. The summed E-state index contributed by atoms with van der Waals surface area (Å²) in [6.45, 7) is 2.62. The van der Waals surface area contributed by atoms with Crippen LogP contribution in [-0.4, -0.2) is 46.9 Å². The van der Waals surface area contributed by atoms with Crippen LogP contribution in [0.25, 0.3) is 11.3 Å². The molecule has 1 aromatic heterocycles. The minimum atomic E-state index is 0.0913. The van der Waals surface area contributed by atoms with E-state index in [0.717, 1.165) is 36.1 Å². The van der Waals surface area contributed by atoms with Crippen LogP contribution in [-0.2, 0) is 16.0 Å². The Bertz CT molecular complexity index is 758. The van der Waals surface area contributed by atoms with E-state index in [9.17, 15) is 4.79 Å². The van der Waals surface area contributed by atoms with Crippen LogP contribution in [0.15, 0.2) is 42.6 Å². The lowest BCUT2D eigenvalue weighted by molar-refractivity contribution is -0.129. The summed E-state index contributed by atoms with van der Waals surface area (Å²) >= 11 is 0. The summed E-state index contributed by atoms with van der Waals surface area (Å²) in [4.78, 5) is 14.4. The van der Waals surface area contributed by atoms with Crippen LogP contribution in [0, 0.1) is 0 Å². The van der Waals surface area contributed by atoms with Crippen molar-refractivity contribution in [2.24, 2.45) is 0 Å². The third-order valence-electron chi connectivity index (χ3n) is 4.70. The van der Waals surface area contributed by atoms with Crippen molar-refractivity contribution in [2.75, 3.05) is 26.3 Å². The number of nitrogens with zero attached hydrogens (tertiary/aromatic N) is 3. The molecule has 5 nitrogen and oxygen atoms in total. The molecule has 0 saturated carbocycles. The minimum absolute atomic E-state index is 0.0913. The first-order chi connectivity index (χ1) is 11.8. The van der Waals surface area contributed by atoms with E-state index >= 15 is 0 Å². The van der Waals surface area contributed by atoms with Gasteiger partial charge < -0.3 is 9.64 Å². The standard InChI is InChI=1S/C19H21N3O2/c23-19(21-9-11-24-12-10-21)13-15-5-4-8-18-17(15)14-20-22(18)16-6-2-1-3-7-16/h1-3,6-7,13-14H,4-5,8-12H2/b15-13+. The van der Waals surface area contributed by atoms with E-state index in [2.05, 4.69) is 17.2 Å². The average Bonchev–Trinajstić information content (AvgIpc) is 3.08. The topological polar surface area (TPSA) is 47.4 Å². The van der Waals surface area contributed by atoms with Gasteiger partial charge in [-0.1, -0.05) is 18.2 Å². The molecule has 1 fully saturated rings. The van der Waals surface area contributed by atoms with Crippen LogP contribution in [0.4, 0.5) is 0 Å². The first kappa shape index (κ1) is 15.1. The summed E-state index contributed by atoms with van der Waals surface area (Å²) < 4.78 is 7.32. The Labute approximate surface area is 141 Å². The van der Waals surface area contributed by atoms with E-state index in [1.54, 1.807) is 6.08 Å². The van der Waals surface area contributed by atoms with Crippen LogP contribution < -0.4 is 0 Å². The Morgan fingerprint density at radius 3 is 2.71 bits per heavy atom. The van der Waals surface area contributed by atoms with E-state index in [0.29, 0.717) is 26.3 Å². The molecule has 124 valence electrons. The van der Waals surface area contributed by atoms with Gasteiger partial charge in [0, 0.05) is 24.7 Å². The number of allylic oxidation sites excluding steroid dienone is 1. The van der Waals surface area contributed by atoms with Crippen molar-refractivity contribution < 1.29 is 9.53 Å². The van der Waals surface area contributed by atoms with E-state index in [4.69, 9.17) is 4.74 Å². The van der Waals surface area contributed by atoms with Gasteiger partial charge in [0.25, 0.3) is 0 Å². The van der Waals surface area contributed by atoms with E-state index in [1.807, 2.05) is 34.0 Å². The molecule has 1 amide bonds. The fraction of sp³-hybridized carbons (Fsp3) is 0.368. The number of rotatable bonds is 2. The molecule has 1 saturated heterocycles. The van der Waals surface area contributed by atoms with Crippen LogP contribution >= 0.6 is 0 Å². The molecule has 5 heteroatoms. The molecule has 0 radical (unpaired) electrons. The molecule has 0 unspecified atom stereocenters. The number of aromatic nitrogens is 2. The Hall–Kier alpha value is -2.40. The van der Waals surface area contributed by atoms with Crippen molar-refractivity contribution in [1.82, 2.24) is 14.7 Å². The first-order valence-corrected chi connectivity index (χ1v) is 8.53. The van der Waals surface area contributed by atoms with Crippen LogP contribution in [0.1, 0.15) is 24.1 Å². The molecule has 4 rings (SSSR count). The smallest absolute Gasteiger partial charge is 0.247 e. The zero-order chi connectivity index (χ0) is 16.4. The molecule has 2 aliphatic rings. The molecule has 2 aromatic rings. The highest BCUT2D eigenvalue weighted by molar-refractivity contribution is 5.95. The molecule has 1 aliphatic heterocycles. The molecule has 0 N–H and O–H groups in total. The van der Waals surface area contributed by atoms with Crippen LogP contribution in [0.5, 0.6) is 0 Å². The van der Waals surface area contributed by atoms with Gasteiger partial charge in [0.05, 0.1) is 30.8 Å². The van der Waals surface area contributed by atoms with Gasteiger partial charge in [0.1, 0.15) is 0 Å². The molecule has 2 heterocycles. The fourth-order valence-corrected chi connectivity index (χ4v) is 3.43. The lowest BCUT2D eigenvalue weighted by atomic mass is 9.92. The lowest BCUT2D eigenvalue weighted by Gasteiger charge is -2.26. The molecule has 0 atom stereocenters. The van der Waals surface area contributed by atoms with Crippen molar-refractivity contribution in [2.45, 2.75) is 19.3 Å². The number of carbonyl (C=O) groups excluding carboxylic acids is 1. The lowest BCUT2D eigenvalue weighted by Crippen LogP contribution is -2.39. The number of ether oxygens (including phenoxy) is 1. The van der Waals surface area contributed by atoms with Gasteiger partial charge in [-0.2, -0.15) is 5.10 Å².